The van der Waals surface area contributed by atoms with Gasteiger partial charge < -0.3 is 5.32 Å². The van der Waals surface area contributed by atoms with Gasteiger partial charge in [0.2, 0.25) is 0 Å². The molecular formula is C14H19BrFN. The molecule has 0 saturated heterocycles. The molecule has 0 aromatic heterocycles. The monoisotopic (exact) mass is 299 g/mol. The molecule has 0 bridgehead atoms. The van der Waals surface area contributed by atoms with E-state index in [0.29, 0.717) is 12.0 Å². The normalized spacial score (nSPS) is 24.7. The molecule has 1 aliphatic rings. The Bertz CT molecular complexity index is 394. The topological polar surface area (TPSA) is 12.0 Å². The molecule has 1 N–H and O–H groups in total. The summed E-state index contributed by atoms with van der Waals surface area (Å²) in [5, 5.41) is 3.49. The van der Waals surface area contributed by atoms with Crippen molar-refractivity contribution in [3.63, 3.8) is 0 Å². The molecular weight excluding hydrogens is 281 g/mol. The number of benzene rings is 1. The van der Waals surface area contributed by atoms with Crippen LogP contribution in [0.4, 0.5) is 4.39 Å². The summed E-state index contributed by atoms with van der Waals surface area (Å²) in [5.41, 5.74) is 0.810. The minimum absolute atomic E-state index is 0.0931. The van der Waals surface area contributed by atoms with Crippen molar-refractivity contribution in [2.75, 3.05) is 6.54 Å². The summed E-state index contributed by atoms with van der Waals surface area (Å²) in [6, 6.07) is 5.60. The molecule has 0 amide bonds. The van der Waals surface area contributed by atoms with Crippen molar-refractivity contribution in [2.45, 2.75) is 32.7 Å². The highest BCUT2D eigenvalue weighted by atomic mass is 79.9. The lowest BCUT2D eigenvalue weighted by atomic mass is 10.0. The van der Waals surface area contributed by atoms with Crippen LogP contribution in [0.2, 0.25) is 0 Å². The standard InChI is InChI=1S/C14H19BrFN/c1-3-17-14(12-6-9(12)2)8-10-7-11(15)4-5-13(10)16/h4-5,7,9,12,14,17H,3,6,8H2,1-2H3. The van der Waals surface area contributed by atoms with Crippen LogP contribution in [0.25, 0.3) is 0 Å². The Morgan fingerprint density at radius 3 is 2.82 bits per heavy atom. The van der Waals surface area contributed by atoms with Gasteiger partial charge in [-0.1, -0.05) is 29.8 Å². The maximum Gasteiger partial charge on any atom is 0.126 e. The Morgan fingerprint density at radius 2 is 2.24 bits per heavy atom. The van der Waals surface area contributed by atoms with Crippen LogP contribution in [0.15, 0.2) is 22.7 Å². The Balaban J connectivity index is 2.08. The lowest BCUT2D eigenvalue weighted by Crippen LogP contribution is -2.33. The van der Waals surface area contributed by atoms with Crippen LogP contribution in [-0.2, 0) is 6.42 Å². The van der Waals surface area contributed by atoms with Gasteiger partial charge in [-0.3, -0.25) is 0 Å². The molecule has 1 aliphatic carbocycles. The molecule has 3 atom stereocenters. The SMILES string of the molecule is CCNC(Cc1cc(Br)ccc1F)C1CC1C. The van der Waals surface area contributed by atoms with Crippen LogP contribution in [-0.4, -0.2) is 12.6 Å². The van der Waals surface area contributed by atoms with E-state index in [-0.39, 0.29) is 5.82 Å². The first kappa shape index (κ1) is 13.0. The summed E-state index contributed by atoms with van der Waals surface area (Å²) >= 11 is 3.40. The van der Waals surface area contributed by atoms with Crippen molar-refractivity contribution in [1.82, 2.24) is 5.32 Å². The van der Waals surface area contributed by atoms with Crippen molar-refractivity contribution in [1.29, 1.82) is 0 Å². The predicted octanol–water partition coefficient (Wildman–Crippen LogP) is 3.76. The lowest BCUT2D eigenvalue weighted by molar-refractivity contribution is 0.446. The molecule has 1 aromatic rings. The van der Waals surface area contributed by atoms with Gasteiger partial charge in [0.1, 0.15) is 5.82 Å². The first-order chi connectivity index (χ1) is 8.11. The highest BCUT2D eigenvalue weighted by Crippen LogP contribution is 2.41. The fourth-order valence-electron chi connectivity index (χ4n) is 2.49. The molecule has 1 aromatic carbocycles. The number of hydrogen-bond donors (Lipinski definition) is 1. The average molecular weight is 300 g/mol. The highest BCUT2D eigenvalue weighted by molar-refractivity contribution is 9.10. The second-order valence-electron chi connectivity index (χ2n) is 4.98. The van der Waals surface area contributed by atoms with E-state index in [2.05, 4.69) is 35.1 Å². The molecule has 17 heavy (non-hydrogen) atoms. The average Bonchev–Trinajstić information content (AvgIpc) is 3.00. The van der Waals surface area contributed by atoms with E-state index < -0.39 is 0 Å². The second-order valence-corrected chi connectivity index (χ2v) is 5.90. The van der Waals surface area contributed by atoms with Crippen LogP contribution in [0.1, 0.15) is 25.8 Å². The van der Waals surface area contributed by atoms with Crippen molar-refractivity contribution < 1.29 is 4.39 Å². The molecule has 94 valence electrons. The Labute approximate surface area is 111 Å². The fraction of sp³-hybridized carbons (Fsp3) is 0.571. The number of likely N-dealkylation sites (N-methyl/N-ethyl adjacent to an activating group) is 1. The summed E-state index contributed by atoms with van der Waals surface area (Å²) in [7, 11) is 0. The summed E-state index contributed by atoms with van der Waals surface area (Å²) in [6.07, 6.45) is 2.06. The zero-order valence-electron chi connectivity index (χ0n) is 10.3. The van der Waals surface area contributed by atoms with Crippen molar-refractivity contribution in [2.24, 2.45) is 11.8 Å². The molecule has 0 spiro atoms. The van der Waals surface area contributed by atoms with Gasteiger partial charge in [0, 0.05) is 10.5 Å². The third-order valence-corrected chi connectivity index (χ3v) is 4.10. The molecule has 1 nitrogen and oxygen atoms in total. The third-order valence-electron chi connectivity index (χ3n) is 3.60. The number of rotatable bonds is 5. The first-order valence-electron chi connectivity index (χ1n) is 6.29. The molecule has 3 heteroatoms. The molecule has 0 heterocycles. The van der Waals surface area contributed by atoms with Crippen LogP contribution in [0.5, 0.6) is 0 Å². The quantitative estimate of drug-likeness (QED) is 0.873. The van der Waals surface area contributed by atoms with E-state index in [0.717, 1.165) is 28.9 Å². The largest absolute Gasteiger partial charge is 0.314 e. The van der Waals surface area contributed by atoms with E-state index >= 15 is 0 Å². The smallest absolute Gasteiger partial charge is 0.126 e. The number of nitrogens with one attached hydrogen (secondary N) is 1. The Hall–Kier alpha value is -0.410. The summed E-state index contributed by atoms with van der Waals surface area (Å²) < 4.78 is 14.7. The van der Waals surface area contributed by atoms with E-state index in [1.807, 2.05) is 6.07 Å². The highest BCUT2D eigenvalue weighted by Gasteiger charge is 2.39. The van der Waals surface area contributed by atoms with Gasteiger partial charge in [-0.05, 0) is 55.0 Å². The summed E-state index contributed by atoms with van der Waals surface area (Å²) in [4.78, 5) is 0. The van der Waals surface area contributed by atoms with Gasteiger partial charge in [-0.25, -0.2) is 4.39 Å². The minimum atomic E-state index is -0.0931. The molecule has 0 radical (unpaired) electrons. The van der Waals surface area contributed by atoms with Gasteiger partial charge in [-0.15, -0.1) is 0 Å². The Kier molecular flexibility index (Phi) is 4.21. The lowest BCUT2D eigenvalue weighted by Gasteiger charge is -2.18. The van der Waals surface area contributed by atoms with Crippen molar-refractivity contribution in [3.05, 3.63) is 34.1 Å². The van der Waals surface area contributed by atoms with E-state index in [9.17, 15) is 4.39 Å². The molecule has 1 fully saturated rings. The number of hydrogen-bond acceptors (Lipinski definition) is 1. The van der Waals surface area contributed by atoms with Gasteiger partial charge in [0.25, 0.3) is 0 Å². The van der Waals surface area contributed by atoms with Crippen LogP contribution in [0.3, 0.4) is 0 Å². The van der Waals surface area contributed by atoms with Gasteiger partial charge in [-0.2, -0.15) is 0 Å². The Morgan fingerprint density at radius 1 is 1.53 bits per heavy atom. The molecule has 2 rings (SSSR count). The molecule has 1 saturated carbocycles. The maximum atomic E-state index is 13.7. The zero-order chi connectivity index (χ0) is 12.4. The van der Waals surface area contributed by atoms with Crippen LogP contribution >= 0.6 is 15.9 Å². The maximum absolute atomic E-state index is 13.7. The first-order valence-corrected chi connectivity index (χ1v) is 7.08. The summed E-state index contributed by atoms with van der Waals surface area (Å²) in [5.74, 6) is 1.41. The van der Waals surface area contributed by atoms with Crippen molar-refractivity contribution >= 4 is 15.9 Å². The van der Waals surface area contributed by atoms with Gasteiger partial charge in [0.05, 0.1) is 0 Å². The van der Waals surface area contributed by atoms with Crippen molar-refractivity contribution in [3.8, 4) is 0 Å². The van der Waals surface area contributed by atoms with Crippen LogP contribution in [0, 0.1) is 17.7 Å². The molecule has 0 aliphatic heterocycles. The van der Waals surface area contributed by atoms with Crippen LogP contribution < -0.4 is 5.32 Å². The second kappa shape index (κ2) is 5.49. The molecule has 3 unspecified atom stereocenters. The van der Waals surface area contributed by atoms with E-state index in [1.54, 1.807) is 12.1 Å². The fourth-order valence-corrected chi connectivity index (χ4v) is 2.89. The van der Waals surface area contributed by atoms with Gasteiger partial charge in [0.15, 0.2) is 0 Å². The van der Waals surface area contributed by atoms with Gasteiger partial charge >= 0.3 is 0 Å². The van der Waals surface area contributed by atoms with E-state index in [4.69, 9.17) is 0 Å². The predicted molar refractivity (Wildman–Crippen MR) is 72.5 cm³/mol. The third kappa shape index (κ3) is 3.29. The van der Waals surface area contributed by atoms with E-state index in [1.165, 1.54) is 6.42 Å². The minimum Gasteiger partial charge on any atom is -0.314 e. The number of halogens is 2. The zero-order valence-corrected chi connectivity index (χ0v) is 11.9. The summed E-state index contributed by atoms with van der Waals surface area (Å²) in [6.45, 7) is 5.33.